The van der Waals surface area contributed by atoms with Crippen LogP contribution < -0.4 is 10.6 Å². The molecule has 0 saturated heterocycles. The zero-order chi connectivity index (χ0) is 29.0. The van der Waals surface area contributed by atoms with Crippen molar-refractivity contribution in [2.75, 3.05) is 16.9 Å². The molecule has 0 saturated carbocycles. The first kappa shape index (κ1) is 27.0. The van der Waals surface area contributed by atoms with Crippen LogP contribution in [0, 0.1) is 5.82 Å². The Hall–Kier alpha value is -4.59. The van der Waals surface area contributed by atoms with Crippen molar-refractivity contribution >= 4 is 49.1 Å². The van der Waals surface area contributed by atoms with Crippen molar-refractivity contribution in [2.45, 2.75) is 17.6 Å². The number of carbonyl (C=O) groups excluding carboxylic acids is 1. The molecule has 0 aliphatic carbocycles. The van der Waals surface area contributed by atoms with Gasteiger partial charge in [-0.15, -0.1) is 0 Å². The zero-order valence-electron chi connectivity index (χ0n) is 20.9. The van der Waals surface area contributed by atoms with Crippen LogP contribution in [0.25, 0.3) is 21.8 Å². The van der Waals surface area contributed by atoms with E-state index in [1.165, 1.54) is 0 Å². The van der Waals surface area contributed by atoms with Crippen LogP contribution in [0.15, 0.2) is 66.0 Å². The van der Waals surface area contributed by atoms with Gasteiger partial charge in [-0.1, -0.05) is 12.1 Å². The van der Waals surface area contributed by atoms with Crippen molar-refractivity contribution < 1.29 is 30.8 Å². The van der Waals surface area contributed by atoms with Crippen molar-refractivity contribution in [3.63, 3.8) is 0 Å². The number of nitrogen functional groups attached to an aromatic ring is 1. The molecule has 206 valence electrons. The number of halogens is 4. The van der Waals surface area contributed by atoms with Gasteiger partial charge in [-0.2, -0.15) is 18.3 Å². The second kappa shape index (κ2) is 9.55. The number of anilines is 2. The molecule has 0 unspecified atom stereocenters. The Bertz CT molecular complexity index is 1920. The van der Waals surface area contributed by atoms with E-state index >= 15 is 0 Å². The molecule has 40 heavy (non-hydrogen) atoms. The van der Waals surface area contributed by atoms with Gasteiger partial charge in [0.2, 0.25) is 0 Å². The number of aryl methyl sites for hydroxylation is 1. The number of amides is 1. The number of hydrogen-bond acceptors (Lipinski definition) is 7. The highest BCUT2D eigenvalue weighted by molar-refractivity contribution is 7.90. The van der Waals surface area contributed by atoms with Gasteiger partial charge in [0.05, 0.1) is 50.9 Å². The Labute approximate surface area is 224 Å². The number of aromatic nitrogens is 4. The van der Waals surface area contributed by atoms with E-state index in [2.05, 4.69) is 15.1 Å². The number of rotatable bonds is 5. The van der Waals surface area contributed by atoms with Crippen molar-refractivity contribution in [3.05, 3.63) is 83.6 Å². The van der Waals surface area contributed by atoms with Crippen LogP contribution in [-0.4, -0.2) is 40.3 Å². The van der Waals surface area contributed by atoms with E-state index < -0.39 is 43.8 Å². The minimum Gasteiger partial charge on any atom is -0.383 e. The lowest BCUT2D eigenvalue weighted by atomic mass is 10.1. The summed E-state index contributed by atoms with van der Waals surface area (Å²) < 4.78 is 80.9. The fourth-order valence-corrected chi connectivity index (χ4v) is 5.31. The van der Waals surface area contributed by atoms with Crippen LogP contribution in [0.5, 0.6) is 0 Å². The molecule has 3 aromatic heterocycles. The predicted octanol–water partition coefficient (Wildman–Crippen LogP) is 4.51. The SMILES string of the molecule is Cn1ncc2c(N)nc3cc(CN(C(=O)c4cncc(C(F)(F)F)c4)c4ccc(F)cc4S(C)(=O)=O)ccc3c21. The first-order valence-electron chi connectivity index (χ1n) is 11.6. The fraction of sp³-hybridized carbons (Fsp3) is 0.154. The Kier molecular flexibility index (Phi) is 6.45. The third kappa shape index (κ3) is 4.93. The van der Waals surface area contributed by atoms with Crippen LogP contribution in [0.2, 0.25) is 0 Å². The van der Waals surface area contributed by atoms with Gasteiger partial charge >= 0.3 is 6.18 Å². The lowest BCUT2D eigenvalue weighted by Crippen LogP contribution is -2.32. The zero-order valence-corrected chi connectivity index (χ0v) is 21.8. The third-order valence-electron chi connectivity index (χ3n) is 6.28. The number of alkyl halides is 3. The number of benzene rings is 2. The molecule has 1 amide bonds. The Morgan fingerprint density at radius 3 is 2.50 bits per heavy atom. The molecule has 9 nitrogen and oxygen atoms in total. The maximum absolute atomic E-state index is 14.1. The van der Waals surface area contributed by atoms with E-state index in [1.54, 1.807) is 36.1 Å². The molecule has 14 heteroatoms. The van der Waals surface area contributed by atoms with E-state index in [9.17, 15) is 30.8 Å². The largest absolute Gasteiger partial charge is 0.417 e. The van der Waals surface area contributed by atoms with Crippen molar-refractivity contribution in [2.24, 2.45) is 7.05 Å². The van der Waals surface area contributed by atoms with Gasteiger partial charge in [0.1, 0.15) is 11.6 Å². The summed E-state index contributed by atoms with van der Waals surface area (Å²) in [6, 6.07) is 8.40. The van der Waals surface area contributed by atoms with Gasteiger partial charge in [-0.25, -0.2) is 17.8 Å². The molecular weight excluding hydrogens is 552 g/mol. The summed E-state index contributed by atoms with van der Waals surface area (Å²) >= 11 is 0. The normalized spacial score (nSPS) is 12.2. The standard InChI is InChI=1S/C26H20F4N6O3S/c1-35-23-18-5-3-14(7-20(18)34-24(31)19(23)12-33-35)13-36(21-6-4-17(27)9-22(21)40(2,38)39)25(37)15-8-16(11-32-10-15)26(28,29)30/h3-12H,13H2,1-2H3,(H2,31,34). The van der Waals surface area contributed by atoms with Crippen LogP contribution in [0.3, 0.4) is 0 Å². The summed E-state index contributed by atoms with van der Waals surface area (Å²) in [5.74, 6) is -1.64. The summed E-state index contributed by atoms with van der Waals surface area (Å²) in [5.41, 5.74) is 5.88. The molecule has 0 bridgehead atoms. The molecule has 2 aromatic carbocycles. The van der Waals surface area contributed by atoms with E-state index in [-0.39, 0.29) is 18.1 Å². The average Bonchev–Trinajstić information content (AvgIpc) is 3.28. The molecule has 0 radical (unpaired) electrons. The molecule has 5 rings (SSSR count). The number of carbonyl (C=O) groups is 1. The first-order valence-corrected chi connectivity index (χ1v) is 13.5. The smallest absolute Gasteiger partial charge is 0.383 e. The van der Waals surface area contributed by atoms with Gasteiger partial charge in [-0.3, -0.25) is 14.5 Å². The molecule has 0 spiro atoms. The lowest BCUT2D eigenvalue weighted by molar-refractivity contribution is -0.137. The monoisotopic (exact) mass is 572 g/mol. The molecule has 5 aromatic rings. The summed E-state index contributed by atoms with van der Waals surface area (Å²) in [7, 11) is -2.34. The summed E-state index contributed by atoms with van der Waals surface area (Å²) in [6.45, 7) is -0.301. The van der Waals surface area contributed by atoms with Crippen molar-refractivity contribution in [3.8, 4) is 0 Å². The maximum Gasteiger partial charge on any atom is 0.417 e. The highest BCUT2D eigenvalue weighted by atomic mass is 32.2. The molecule has 3 heterocycles. The number of pyridine rings is 2. The molecule has 0 fully saturated rings. The minimum atomic E-state index is -4.77. The molecule has 0 aliphatic rings. The predicted molar refractivity (Wildman–Crippen MR) is 140 cm³/mol. The van der Waals surface area contributed by atoms with Gasteiger partial charge in [-0.05, 0) is 35.9 Å². The Morgan fingerprint density at radius 1 is 1.05 bits per heavy atom. The second-order valence-electron chi connectivity index (χ2n) is 9.11. The molecule has 0 aliphatic heterocycles. The fourth-order valence-electron chi connectivity index (χ4n) is 4.43. The topological polar surface area (TPSA) is 124 Å². The summed E-state index contributed by atoms with van der Waals surface area (Å²) in [5, 5.41) is 5.55. The lowest BCUT2D eigenvalue weighted by Gasteiger charge is -2.25. The quantitative estimate of drug-likeness (QED) is 0.308. The Balaban J connectivity index is 1.67. The third-order valence-corrected chi connectivity index (χ3v) is 7.41. The maximum atomic E-state index is 14.1. The van der Waals surface area contributed by atoms with Crippen LogP contribution in [0.4, 0.5) is 29.1 Å². The van der Waals surface area contributed by atoms with E-state index in [0.717, 1.165) is 41.1 Å². The van der Waals surface area contributed by atoms with Gasteiger partial charge in [0.15, 0.2) is 9.84 Å². The number of fused-ring (bicyclic) bond motifs is 3. The van der Waals surface area contributed by atoms with E-state index in [1.807, 2.05) is 0 Å². The summed E-state index contributed by atoms with van der Waals surface area (Å²) in [4.78, 5) is 22.1. The molecular formula is C26H20F4N6O3S. The van der Waals surface area contributed by atoms with Crippen LogP contribution >= 0.6 is 0 Å². The van der Waals surface area contributed by atoms with Crippen molar-refractivity contribution in [1.82, 2.24) is 19.7 Å². The van der Waals surface area contributed by atoms with E-state index in [0.29, 0.717) is 34.1 Å². The molecule has 0 atom stereocenters. The second-order valence-corrected chi connectivity index (χ2v) is 11.1. The van der Waals surface area contributed by atoms with Crippen LogP contribution in [-0.2, 0) is 29.6 Å². The highest BCUT2D eigenvalue weighted by Gasteiger charge is 2.33. The van der Waals surface area contributed by atoms with Crippen LogP contribution in [0.1, 0.15) is 21.5 Å². The average molecular weight is 573 g/mol. The van der Waals surface area contributed by atoms with Gasteiger partial charge < -0.3 is 10.6 Å². The Morgan fingerprint density at radius 2 is 1.80 bits per heavy atom. The number of hydrogen-bond donors (Lipinski definition) is 1. The number of nitrogens with two attached hydrogens (primary N) is 1. The number of nitrogens with zero attached hydrogens (tertiary/aromatic N) is 5. The molecule has 2 N–H and O–H groups in total. The van der Waals surface area contributed by atoms with Gasteiger partial charge in [0, 0.05) is 31.1 Å². The van der Waals surface area contributed by atoms with E-state index in [4.69, 9.17) is 5.73 Å². The highest BCUT2D eigenvalue weighted by Crippen LogP contribution is 2.33. The minimum absolute atomic E-state index is 0.216. The van der Waals surface area contributed by atoms with Crippen molar-refractivity contribution in [1.29, 1.82) is 0 Å². The number of sulfone groups is 1. The van der Waals surface area contributed by atoms with Gasteiger partial charge in [0.25, 0.3) is 5.91 Å². The first-order chi connectivity index (χ1) is 18.7. The summed E-state index contributed by atoms with van der Waals surface area (Å²) in [6.07, 6.45) is -0.851.